The van der Waals surface area contributed by atoms with E-state index in [2.05, 4.69) is 27.3 Å². The maximum Gasteiger partial charge on any atom is 0.123 e. The third-order valence-electron chi connectivity index (χ3n) is 3.20. The van der Waals surface area contributed by atoms with Gasteiger partial charge in [0.15, 0.2) is 0 Å². The van der Waals surface area contributed by atoms with Crippen LogP contribution < -0.4 is 10.1 Å². The Morgan fingerprint density at radius 3 is 3.06 bits per heavy atom. The van der Waals surface area contributed by atoms with E-state index in [1.807, 2.05) is 12.1 Å². The minimum Gasteiger partial charge on any atom is -0.496 e. The Morgan fingerprint density at radius 1 is 1.44 bits per heavy atom. The Kier molecular flexibility index (Phi) is 5.47. The quantitative estimate of drug-likeness (QED) is 0.906. The Hall–Kier alpha value is -0.580. The number of halogens is 1. The predicted molar refractivity (Wildman–Crippen MR) is 76.0 cm³/mol. The van der Waals surface area contributed by atoms with Crippen molar-refractivity contribution in [1.82, 2.24) is 5.32 Å². The van der Waals surface area contributed by atoms with Gasteiger partial charge in [-0.1, -0.05) is 15.9 Å². The lowest BCUT2D eigenvalue weighted by atomic mass is 10.1. The minimum absolute atomic E-state index is 0.372. The van der Waals surface area contributed by atoms with Crippen LogP contribution in [0.25, 0.3) is 0 Å². The minimum atomic E-state index is 0.372. The first-order valence-corrected chi connectivity index (χ1v) is 7.23. The molecule has 1 heterocycles. The highest BCUT2D eigenvalue weighted by atomic mass is 79.9. The van der Waals surface area contributed by atoms with Crippen molar-refractivity contribution in [3.63, 3.8) is 0 Å². The van der Waals surface area contributed by atoms with Gasteiger partial charge in [0.2, 0.25) is 0 Å². The van der Waals surface area contributed by atoms with Gasteiger partial charge in [-0.15, -0.1) is 0 Å². The van der Waals surface area contributed by atoms with Gasteiger partial charge in [-0.25, -0.2) is 0 Å². The molecule has 0 amide bonds. The van der Waals surface area contributed by atoms with Crippen molar-refractivity contribution < 1.29 is 9.47 Å². The standard InChI is InChI=1S/C14H20BrNO2/c1-17-14-6-5-12(15)8-11(14)9-16-10-13-4-2-3-7-18-13/h5-6,8,13,16H,2-4,7,9-10H2,1H3. The topological polar surface area (TPSA) is 30.5 Å². The van der Waals surface area contributed by atoms with Crippen molar-refractivity contribution in [3.8, 4) is 5.75 Å². The van der Waals surface area contributed by atoms with Crippen molar-refractivity contribution in [3.05, 3.63) is 28.2 Å². The number of nitrogens with one attached hydrogen (secondary N) is 1. The molecule has 0 radical (unpaired) electrons. The number of benzene rings is 1. The Labute approximate surface area is 117 Å². The van der Waals surface area contributed by atoms with Gasteiger partial charge in [0.25, 0.3) is 0 Å². The van der Waals surface area contributed by atoms with E-state index in [1.165, 1.54) is 24.8 Å². The lowest BCUT2D eigenvalue weighted by Gasteiger charge is -2.23. The number of hydrogen-bond acceptors (Lipinski definition) is 3. The van der Waals surface area contributed by atoms with Crippen molar-refractivity contribution in [1.29, 1.82) is 0 Å². The molecule has 1 fully saturated rings. The van der Waals surface area contributed by atoms with E-state index in [9.17, 15) is 0 Å². The zero-order valence-electron chi connectivity index (χ0n) is 10.7. The lowest BCUT2D eigenvalue weighted by Crippen LogP contribution is -2.31. The molecule has 18 heavy (non-hydrogen) atoms. The number of rotatable bonds is 5. The maximum absolute atomic E-state index is 5.69. The summed E-state index contributed by atoms with van der Waals surface area (Å²) in [4.78, 5) is 0. The molecule has 1 N–H and O–H groups in total. The van der Waals surface area contributed by atoms with Gasteiger partial charge in [-0.2, -0.15) is 0 Å². The second-order valence-electron chi connectivity index (χ2n) is 4.58. The third-order valence-corrected chi connectivity index (χ3v) is 3.70. The van der Waals surface area contributed by atoms with Crippen molar-refractivity contribution in [2.75, 3.05) is 20.3 Å². The van der Waals surface area contributed by atoms with Crippen LogP contribution in [0.5, 0.6) is 5.75 Å². The van der Waals surface area contributed by atoms with E-state index in [4.69, 9.17) is 9.47 Å². The molecule has 4 heteroatoms. The normalized spacial score (nSPS) is 19.8. The number of hydrogen-bond donors (Lipinski definition) is 1. The molecular weight excluding hydrogens is 294 g/mol. The van der Waals surface area contributed by atoms with Crippen molar-refractivity contribution in [2.24, 2.45) is 0 Å². The summed E-state index contributed by atoms with van der Waals surface area (Å²) in [6.45, 7) is 2.63. The first-order valence-electron chi connectivity index (χ1n) is 6.44. The van der Waals surface area contributed by atoms with Gasteiger partial charge >= 0.3 is 0 Å². The van der Waals surface area contributed by atoms with E-state index in [1.54, 1.807) is 7.11 Å². The van der Waals surface area contributed by atoms with Crippen molar-refractivity contribution >= 4 is 15.9 Å². The summed E-state index contributed by atoms with van der Waals surface area (Å²) in [5, 5.41) is 3.45. The van der Waals surface area contributed by atoms with E-state index < -0.39 is 0 Å². The molecule has 2 rings (SSSR count). The van der Waals surface area contributed by atoms with E-state index in [-0.39, 0.29) is 0 Å². The monoisotopic (exact) mass is 313 g/mol. The smallest absolute Gasteiger partial charge is 0.123 e. The Morgan fingerprint density at radius 2 is 2.33 bits per heavy atom. The fraction of sp³-hybridized carbons (Fsp3) is 0.571. The van der Waals surface area contributed by atoms with Gasteiger partial charge in [-0.3, -0.25) is 0 Å². The maximum atomic E-state index is 5.69. The average molecular weight is 314 g/mol. The molecule has 1 aliphatic heterocycles. The van der Waals surface area contributed by atoms with Crippen LogP contribution in [0.3, 0.4) is 0 Å². The molecule has 0 spiro atoms. The number of ether oxygens (including phenoxy) is 2. The summed E-state index contributed by atoms with van der Waals surface area (Å²) in [5.41, 5.74) is 1.17. The highest BCUT2D eigenvalue weighted by Crippen LogP contribution is 2.22. The summed E-state index contributed by atoms with van der Waals surface area (Å²) >= 11 is 3.49. The van der Waals surface area contributed by atoms with Crippen LogP contribution in [-0.2, 0) is 11.3 Å². The fourth-order valence-electron chi connectivity index (χ4n) is 2.22. The van der Waals surface area contributed by atoms with Gasteiger partial charge in [0, 0.05) is 29.7 Å². The summed E-state index contributed by atoms with van der Waals surface area (Å²) in [6.07, 6.45) is 4.03. The molecular formula is C14H20BrNO2. The second-order valence-corrected chi connectivity index (χ2v) is 5.49. The molecule has 1 aromatic rings. The van der Waals surface area contributed by atoms with Crippen LogP contribution in [0.2, 0.25) is 0 Å². The van der Waals surface area contributed by atoms with E-state index in [0.29, 0.717) is 6.10 Å². The van der Waals surface area contributed by atoms with E-state index in [0.717, 1.165) is 29.9 Å². The average Bonchev–Trinajstić information content (AvgIpc) is 2.40. The van der Waals surface area contributed by atoms with Crippen LogP contribution in [0.15, 0.2) is 22.7 Å². The number of methoxy groups -OCH3 is 1. The summed E-state index contributed by atoms with van der Waals surface area (Å²) in [7, 11) is 1.71. The Balaban J connectivity index is 1.83. The summed E-state index contributed by atoms with van der Waals surface area (Å²) < 4.78 is 12.1. The van der Waals surface area contributed by atoms with Crippen molar-refractivity contribution in [2.45, 2.75) is 31.9 Å². The predicted octanol–water partition coefficient (Wildman–Crippen LogP) is 3.12. The summed E-state index contributed by atoms with van der Waals surface area (Å²) in [6, 6.07) is 6.07. The molecule has 1 saturated heterocycles. The molecule has 1 aliphatic rings. The van der Waals surface area contributed by atoms with Crippen LogP contribution in [0.1, 0.15) is 24.8 Å². The van der Waals surface area contributed by atoms with Gasteiger partial charge in [0.05, 0.1) is 13.2 Å². The molecule has 100 valence electrons. The third kappa shape index (κ3) is 3.97. The van der Waals surface area contributed by atoms with Crippen LogP contribution >= 0.6 is 15.9 Å². The van der Waals surface area contributed by atoms with Gasteiger partial charge < -0.3 is 14.8 Å². The summed E-state index contributed by atoms with van der Waals surface area (Å²) in [5.74, 6) is 0.926. The molecule has 1 atom stereocenters. The van der Waals surface area contributed by atoms with Gasteiger partial charge in [-0.05, 0) is 37.5 Å². The fourth-order valence-corrected chi connectivity index (χ4v) is 2.63. The van der Waals surface area contributed by atoms with Crippen LogP contribution in [-0.4, -0.2) is 26.4 Å². The molecule has 1 unspecified atom stereocenters. The molecule has 0 bridgehead atoms. The zero-order valence-corrected chi connectivity index (χ0v) is 12.3. The molecule has 0 saturated carbocycles. The molecule has 0 aromatic heterocycles. The van der Waals surface area contributed by atoms with Crippen LogP contribution in [0.4, 0.5) is 0 Å². The highest BCUT2D eigenvalue weighted by Gasteiger charge is 2.13. The SMILES string of the molecule is COc1ccc(Br)cc1CNCC1CCCCO1. The van der Waals surface area contributed by atoms with Gasteiger partial charge in [0.1, 0.15) is 5.75 Å². The zero-order chi connectivity index (χ0) is 12.8. The first kappa shape index (κ1) is 13.8. The lowest BCUT2D eigenvalue weighted by molar-refractivity contribution is 0.0167. The highest BCUT2D eigenvalue weighted by molar-refractivity contribution is 9.10. The van der Waals surface area contributed by atoms with Crippen LogP contribution in [0, 0.1) is 0 Å². The largest absolute Gasteiger partial charge is 0.496 e. The second kappa shape index (κ2) is 7.12. The Bertz CT molecular complexity index is 378. The molecule has 3 nitrogen and oxygen atoms in total. The molecule has 0 aliphatic carbocycles. The van der Waals surface area contributed by atoms with E-state index >= 15 is 0 Å². The first-order chi connectivity index (χ1) is 8.79. The molecule has 1 aromatic carbocycles.